The molecular formula is C25H26. The molecule has 3 aromatic carbocycles. The fraction of sp³-hybridized carbons (Fsp3) is 0.280. The summed E-state index contributed by atoms with van der Waals surface area (Å²) < 4.78 is 0. The summed E-state index contributed by atoms with van der Waals surface area (Å²) in [5.74, 6) is 0. The molecule has 4 rings (SSSR count). The molecule has 0 heteroatoms. The Hall–Kier alpha value is -2.34. The number of hydrogen-bond donors (Lipinski definition) is 0. The van der Waals surface area contributed by atoms with Crippen molar-refractivity contribution in [3.63, 3.8) is 0 Å². The highest BCUT2D eigenvalue weighted by molar-refractivity contribution is 5.84. The molecule has 126 valence electrons. The minimum absolute atomic E-state index is 0.0567. The van der Waals surface area contributed by atoms with Crippen molar-refractivity contribution in [2.24, 2.45) is 0 Å². The lowest BCUT2D eigenvalue weighted by molar-refractivity contribution is 0.584. The van der Waals surface area contributed by atoms with Gasteiger partial charge in [0.05, 0.1) is 0 Å². The van der Waals surface area contributed by atoms with Gasteiger partial charge in [0.2, 0.25) is 0 Å². The van der Waals surface area contributed by atoms with E-state index < -0.39 is 0 Å². The largest absolute Gasteiger partial charge is 0.0622 e. The molecule has 3 aromatic rings. The molecule has 0 atom stereocenters. The van der Waals surface area contributed by atoms with Crippen LogP contribution in [0.3, 0.4) is 0 Å². The Morgan fingerprint density at radius 1 is 0.640 bits per heavy atom. The van der Waals surface area contributed by atoms with Crippen molar-refractivity contribution in [3.8, 4) is 22.3 Å². The Kier molecular flexibility index (Phi) is 3.44. The molecule has 0 N–H and O–H groups in total. The second kappa shape index (κ2) is 5.33. The van der Waals surface area contributed by atoms with Crippen molar-refractivity contribution in [2.75, 3.05) is 0 Å². The third-order valence-corrected chi connectivity index (χ3v) is 5.65. The first kappa shape index (κ1) is 16.1. The van der Waals surface area contributed by atoms with Crippen LogP contribution in [-0.2, 0) is 10.8 Å². The van der Waals surface area contributed by atoms with Crippen LogP contribution in [0.5, 0.6) is 0 Å². The summed E-state index contributed by atoms with van der Waals surface area (Å²) in [5.41, 5.74) is 9.90. The van der Waals surface area contributed by atoms with Crippen LogP contribution in [0.2, 0.25) is 0 Å². The molecule has 25 heavy (non-hydrogen) atoms. The fourth-order valence-corrected chi connectivity index (χ4v) is 4.03. The van der Waals surface area contributed by atoms with Crippen LogP contribution in [0, 0.1) is 0 Å². The topological polar surface area (TPSA) is 0 Å². The van der Waals surface area contributed by atoms with Gasteiger partial charge in [0, 0.05) is 5.41 Å². The van der Waals surface area contributed by atoms with E-state index in [2.05, 4.69) is 101 Å². The molecule has 0 unspecified atom stereocenters. The Bertz CT molecular complexity index is 938. The SMILES string of the molecule is CC(C)(C)c1ccc2c(c1)C(C)(C)c1ccc(-c3ccccc3)cc1-2. The van der Waals surface area contributed by atoms with E-state index in [1.165, 1.54) is 38.9 Å². The van der Waals surface area contributed by atoms with E-state index in [1.807, 2.05) is 0 Å². The maximum absolute atomic E-state index is 2.43. The Balaban J connectivity index is 1.91. The zero-order valence-electron chi connectivity index (χ0n) is 15.9. The third-order valence-electron chi connectivity index (χ3n) is 5.65. The van der Waals surface area contributed by atoms with E-state index in [4.69, 9.17) is 0 Å². The molecule has 0 heterocycles. The van der Waals surface area contributed by atoms with Crippen LogP contribution >= 0.6 is 0 Å². The summed E-state index contributed by atoms with van der Waals surface area (Å²) in [6.07, 6.45) is 0. The average molecular weight is 326 g/mol. The highest BCUT2D eigenvalue weighted by atomic mass is 14.4. The highest BCUT2D eigenvalue weighted by Crippen LogP contribution is 2.50. The van der Waals surface area contributed by atoms with Crippen LogP contribution in [0.15, 0.2) is 66.7 Å². The summed E-state index contributed by atoms with van der Waals surface area (Å²) in [6.45, 7) is 11.6. The molecule has 0 bridgehead atoms. The fourth-order valence-electron chi connectivity index (χ4n) is 4.03. The van der Waals surface area contributed by atoms with Gasteiger partial charge in [0.25, 0.3) is 0 Å². The molecule has 0 nitrogen and oxygen atoms in total. The molecule has 1 aliphatic rings. The number of rotatable bonds is 1. The predicted octanol–water partition coefficient (Wildman–Crippen LogP) is 6.96. The molecule has 0 amide bonds. The van der Waals surface area contributed by atoms with Crippen LogP contribution in [-0.4, -0.2) is 0 Å². The molecule has 1 aliphatic carbocycles. The number of hydrogen-bond acceptors (Lipinski definition) is 0. The van der Waals surface area contributed by atoms with E-state index in [0.29, 0.717) is 0 Å². The summed E-state index contributed by atoms with van der Waals surface area (Å²) in [7, 11) is 0. The molecule has 0 saturated carbocycles. The van der Waals surface area contributed by atoms with Crippen LogP contribution < -0.4 is 0 Å². The van der Waals surface area contributed by atoms with Gasteiger partial charge in [-0.15, -0.1) is 0 Å². The van der Waals surface area contributed by atoms with Crippen molar-refractivity contribution < 1.29 is 0 Å². The Morgan fingerprint density at radius 2 is 1.36 bits per heavy atom. The monoisotopic (exact) mass is 326 g/mol. The van der Waals surface area contributed by atoms with Gasteiger partial charge in [0.1, 0.15) is 0 Å². The molecular weight excluding hydrogens is 300 g/mol. The molecule has 0 aliphatic heterocycles. The molecule has 0 radical (unpaired) electrons. The molecule has 0 spiro atoms. The van der Waals surface area contributed by atoms with Gasteiger partial charge >= 0.3 is 0 Å². The van der Waals surface area contributed by atoms with Gasteiger partial charge in [0.15, 0.2) is 0 Å². The molecule has 0 saturated heterocycles. The van der Waals surface area contributed by atoms with Gasteiger partial charge in [-0.3, -0.25) is 0 Å². The number of benzene rings is 3. The van der Waals surface area contributed by atoms with E-state index in [1.54, 1.807) is 0 Å². The average Bonchev–Trinajstić information content (AvgIpc) is 2.82. The minimum atomic E-state index is 0.0567. The maximum atomic E-state index is 2.43. The van der Waals surface area contributed by atoms with Crippen molar-refractivity contribution in [1.29, 1.82) is 0 Å². The molecule has 0 fully saturated rings. The van der Waals surface area contributed by atoms with Gasteiger partial charge in [-0.25, -0.2) is 0 Å². The van der Waals surface area contributed by atoms with Gasteiger partial charge in [-0.1, -0.05) is 95.3 Å². The van der Waals surface area contributed by atoms with Gasteiger partial charge < -0.3 is 0 Å². The normalized spacial score (nSPS) is 14.9. The van der Waals surface area contributed by atoms with Crippen molar-refractivity contribution >= 4 is 0 Å². The zero-order chi connectivity index (χ0) is 17.8. The van der Waals surface area contributed by atoms with E-state index in [0.717, 1.165) is 0 Å². The first-order valence-corrected chi connectivity index (χ1v) is 9.14. The standard InChI is InChI=1S/C25H26/c1-24(2,3)19-12-13-20-21-15-18(17-9-7-6-8-10-17)11-14-22(21)25(4,5)23(20)16-19/h6-16H,1-5H3. The number of fused-ring (bicyclic) bond motifs is 3. The summed E-state index contributed by atoms with van der Waals surface area (Å²) >= 11 is 0. The maximum Gasteiger partial charge on any atom is 0.0158 e. The lowest BCUT2D eigenvalue weighted by atomic mass is 9.79. The first-order valence-electron chi connectivity index (χ1n) is 9.14. The van der Waals surface area contributed by atoms with Crippen molar-refractivity contribution in [2.45, 2.75) is 45.4 Å². The Labute approximate surface area is 151 Å². The van der Waals surface area contributed by atoms with Gasteiger partial charge in [-0.05, 0) is 50.4 Å². The van der Waals surface area contributed by atoms with Gasteiger partial charge in [-0.2, -0.15) is 0 Å². The summed E-state index contributed by atoms with van der Waals surface area (Å²) in [5, 5.41) is 0. The molecule has 0 aromatic heterocycles. The van der Waals surface area contributed by atoms with Crippen LogP contribution in [0.1, 0.15) is 51.3 Å². The summed E-state index contributed by atoms with van der Waals surface area (Å²) in [6, 6.07) is 24.7. The van der Waals surface area contributed by atoms with E-state index in [9.17, 15) is 0 Å². The first-order chi connectivity index (χ1) is 11.8. The van der Waals surface area contributed by atoms with Crippen molar-refractivity contribution in [1.82, 2.24) is 0 Å². The second-order valence-electron chi connectivity index (χ2n) is 8.76. The van der Waals surface area contributed by atoms with Crippen LogP contribution in [0.4, 0.5) is 0 Å². The van der Waals surface area contributed by atoms with Crippen LogP contribution in [0.25, 0.3) is 22.3 Å². The Morgan fingerprint density at radius 3 is 2.04 bits per heavy atom. The quantitative estimate of drug-likeness (QED) is 0.453. The third kappa shape index (κ3) is 2.52. The lowest BCUT2D eigenvalue weighted by Gasteiger charge is -2.25. The van der Waals surface area contributed by atoms with E-state index >= 15 is 0 Å². The lowest BCUT2D eigenvalue weighted by Crippen LogP contribution is -2.17. The summed E-state index contributed by atoms with van der Waals surface area (Å²) in [4.78, 5) is 0. The highest BCUT2D eigenvalue weighted by Gasteiger charge is 2.36. The van der Waals surface area contributed by atoms with Crippen molar-refractivity contribution in [3.05, 3.63) is 83.4 Å². The minimum Gasteiger partial charge on any atom is -0.0622 e. The predicted molar refractivity (Wildman–Crippen MR) is 108 cm³/mol. The van der Waals surface area contributed by atoms with E-state index in [-0.39, 0.29) is 10.8 Å². The second-order valence-corrected chi connectivity index (χ2v) is 8.76. The smallest absolute Gasteiger partial charge is 0.0158 e. The zero-order valence-corrected chi connectivity index (χ0v) is 15.9.